The highest BCUT2D eigenvalue weighted by atomic mass is 35.5. The van der Waals surface area contributed by atoms with Crippen LogP contribution in [0.3, 0.4) is 0 Å². The third-order valence-corrected chi connectivity index (χ3v) is 3.16. The molecule has 0 saturated heterocycles. The number of benzene rings is 1. The Bertz CT molecular complexity index is 491. The average molecular weight is 298 g/mol. The molecule has 1 amide bonds. The molecule has 1 rings (SSSR count). The molecule has 1 unspecified atom stereocenters. The fourth-order valence-corrected chi connectivity index (χ4v) is 1.81. The van der Waals surface area contributed by atoms with Crippen molar-refractivity contribution in [2.24, 2.45) is 11.3 Å². The van der Waals surface area contributed by atoms with Crippen molar-refractivity contribution in [3.05, 3.63) is 29.3 Å². The van der Waals surface area contributed by atoms with Gasteiger partial charge in [-0.1, -0.05) is 39.3 Å². The number of nitrogens with zero attached hydrogens (tertiary/aromatic N) is 1. The van der Waals surface area contributed by atoms with Gasteiger partial charge >= 0.3 is 5.97 Å². The van der Waals surface area contributed by atoms with Crippen molar-refractivity contribution in [3.63, 3.8) is 0 Å². The third-order valence-electron chi connectivity index (χ3n) is 2.90. The molecular weight excluding hydrogens is 278 g/mol. The number of halogens is 1. The van der Waals surface area contributed by atoms with Crippen LogP contribution in [0.15, 0.2) is 24.3 Å². The molecule has 0 aromatic heterocycles. The summed E-state index contributed by atoms with van der Waals surface area (Å²) >= 11 is 5.84. The lowest BCUT2D eigenvalue weighted by Gasteiger charge is -2.30. The normalized spacial score (nSPS) is 12.8. The van der Waals surface area contributed by atoms with Gasteiger partial charge in [-0.05, 0) is 24.3 Å². The molecule has 0 bridgehead atoms. The van der Waals surface area contributed by atoms with E-state index in [9.17, 15) is 9.59 Å². The highest BCUT2D eigenvalue weighted by Gasteiger charge is 2.30. The molecule has 0 radical (unpaired) electrons. The van der Waals surface area contributed by atoms with Crippen LogP contribution in [-0.4, -0.2) is 23.5 Å². The zero-order chi connectivity index (χ0) is 15.5. The highest BCUT2D eigenvalue weighted by molar-refractivity contribution is 6.30. The monoisotopic (exact) mass is 297 g/mol. The molecule has 0 aliphatic rings. The van der Waals surface area contributed by atoms with Crippen LogP contribution in [-0.2, 0) is 9.59 Å². The predicted octanol–water partition coefficient (Wildman–Crippen LogP) is 3.44. The summed E-state index contributed by atoms with van der Waals surface area (Å²) in [5, 5.41) is 9.62. The molecule has 0 aliphatic carbocycles. The molecule has 0 heterocycles. The van der Waals surface area contributed by atoms with Crippen molar-refractivity contribution in [1.82, 2.24) is 0 Å². The number of carbonyl (C=O) groups is 2. The van der Waals surface area contributed by atoms with E-state index in [1.807, 2.05) is 20.8 Å². The number of hydrogen-bond acceptors (Lipinski definition) is 2. The molecule has 1 N–H and O–H groups in total. The van der Waals surface area contributed by atoms with Crippen LogP contribution >= 0.6 is 11.6 Å². The summed E-state index contributed by atoms with van der Waals surface area (Å²) in [5.41, 5.74) is 0.0696. The van der Waals surface area contributed by atoms with Gasteiger partial charge in [0.15, 0.2) is 0 Å². The van der Waals surface area contributed by atoms with Crippen LogP contribution in [0.1, 0.15) is 27.7 Å². The minimum atomic E-state index is -0.925. The van der Waals surface area contributed by atoms with E-state index in [0.717, 1.165) is 0 Å². The molecule has 5 heteroatoms. The topological polar surface area (TPSA) is 57.6 Å². The standard InChI is InChI=1S/C15H20ClNO3/c1-10(13(18)19)9-17(14(20)15(2,3)4)12-7-5-11(16)6-8-12/h5-8,10H,9H2,1-4H3,(H,18,19). The zero-order valence-electron chi connectivity index (χ0n) is 12.2. The van der Waals surface area contributed by atoms with Gasteiger partial charge in [0.1, 0.15) is 0 Å². The maximum atomic E-state index is 12.5. The number of carbonyl (C=O) groups excluding carboxylic acids is 1. The molecule has 1 aromatic rings. The predicted molar refractivity (Wildman–Crippen MR) is 80.1 cm³/mol. The molecule has 0 aliphatic heterocycles. The third kappa shape index (κ3) is 4.23. The summed E-state index contributed by atoms with van der Waals surface area (Å²) in [7, 11) is 0. The van der Waals surface area contributed by atoms with Crippen molar-refractivity contribution in [2.75, 3.05) is 11.4 Å². The number of anilines is 1. The SMILES string of the molecule is CC(CN(C(=O)C(C)(C)C)c1ccc(Cl)cc1)C(=O)O. The first-order valence-electron chi connectivity index (χ1n) is 6.43. The Labute approximate surface area is 124 Å². The summed E-state index contributed by atoms with van der Waals surface area (Å²) < 4.78 is 0. The molecule has 20 heavy (non-hydrogen) atoms. The zero-order valence-corrected chi connectivity index (χ0v) is 12.9. The summed E-state index contributed by atoms with van der Waals surface area (Å²) in [6, 6.07) is 6.82. The van der Waals surface area contributed by atoms with Crippen LogP contribution in [0.2, 0.25) is 5.02 Å². The van der Waals surface area contributed by atoms with Gasteiger partial charge in [0.2, 0.25) is 5.91 Å². The van der Waals surface area contributed by atoms with Crippen LogP contribution in [0.4, 0.5) is 5.69 Å². The minimum absolute atomic E-state index is 0.118. The highest BCUT2D eigenvalue weighted by Crippen LogP contribution is 2.25. The number of rotatable bonds is 4. The largest absolute Gasteiger partial charge is 0.481 e. The number of carboxylic acids is 1. The first kappa shape index (κ1) is 16.5. The lowest BCUT2D eigenvalue weighted by Crippen LogP contribution is -2.43. The Morgan fingerprint density at radius 2 is 1.75 bits per heavy atom. The molecule has 110 valence electrons. The van der Waals surface area contributed by atoms with E-state index < -0.39 is 17.3 Å². The lowest BCUT2D eigenvalue weighted by molar-refractivity contribution is -0.140. The van der Waals surface area contributed by atoms with Crippen molar-refractivity contribution in [1.29, 1.82) is 0 Å². The van der Waals surface area contributed by atoms with E-state index in [-0.39, 0.29) is 12.5 Å². The van der Waals surface area contributed by atoms with Gasteiger partial charge in [-0.25, -0.2) is 0 Å². The first-order chi connectivity index (χ1) is 9.12. The van der Waals surface area contributed by atoms with E-state index in [2.05, 4.69) is 0 Å². The van der Waals surface area contributed by atoms with Gasteiger partial charge < -0.3 is 10.0 Å². The van der Waals surface area contributed by atoms with E-state index >= 15 is 0 Å². The number of hydrogen-bond donors (Lipinski definition) is 1. The molecule has 1 aromatic carbocycles. The van der Waals surface area contributed by atoms with Gasteiger partial charge in [0.25, 0.3) is 0 Å². The Hall–Kier alpha value is -1.55. The van der Waals surface area contributed by atoms with Gasteiger partial charge in [-0.2, -0.15) is 0 Å². The fourth-order valence-electron chi connectivity index (χ4n) is 1.68. The van der Waals surface area contributed by atoms with Crippen molar-refractivity contribution >= 4 is 29.2 Å². The first-order valence-corrected chi connectivity index (χ1v) is 6.81. The quantitative estimate of drug-likeness (QED) is 0.926. The van der Waals surface area contributed by atoms with Gasteiger partial charge in [-0.15, -0.1) is 0 Å². The Balaban J connectivity index is 3.10. The second kappa shape index (κ2) is 6.27. The maximum absolute atomic E-state index is 12.5. The van der Waals surface area contributed by atoms with E-state index in [0.29, 0.717) is 10.7 Å². The fraction of sp³-hybridized carbons (Fsp3) is 0.467. The molecule has 1 atom stereocenters. The lowest BCUT2D eigenvalue weighted by atomic mass is 9.93. The molecule has 0 spiro atoms. The Kier molecular flexibility index (Phi) is 5.17. The Morgan fingerprint density at radius 3 is 2.15 bits per heavy atom. The summed E-state index contributed by atoms with van der Waals surface area (Å²) in [5.74, 6) is -1.68. The molecule has 0 fully saturated rings. The van der Waals surface area contributed by atoms with Gasteiger partial charge in [-0.3, -0.25) is 9.59 Å². The molecule has 0 saturated carbocycles. The van der Waals surface area contributed by atoms with Crippen LogP contribution in [0.25, 0.3) is 0 Å². The van der Waals surface area contributed by atoms with Crippen LogP contribution in [0.5, 0.6) is 0 Å². The maximum Gasteiger partial charge on any atom is 0.308 e. The van der Waals surface area contributed by atoms with Crippen LogP contribution < -0.4 is 4.90 Å². The average Bonchev–Trinajstić information content (AvgIpc) is 2.34. The second-order valence-electron chi connectivity index (χ2n) is 5.88. The number of carboxylic acid groups (broad SMARTS) is 1. The van der Waals surface area contributed by atoms with Crippen molar-refractivity contribution < 1.29 is 14.7 Å². The van der Waals surface area contributed by atoms with Crippen LogP contribution in [0, 0.1) is 11.3 Å². The number of aliphatic carboxylic acids is 1. The number of amides is 1. The van der Waals surface area contributed by atoms with E-state index in [1.165, 1.54) is 4.90 Å². The van der Waals surface area contributed by atoms with E-state index in [1.54, 1.807) is 31.2 Å². The van der Waals surface area contributed by atoms with E-state index in [4.69, 9.17) is 16.7 Å². The minimum Gasteiger partial charge on any atom is -0.481 e. The summed E-state index contributed by atoms with van der Waals surface area (Å²) in [6.45, 7) is 7.14. The smallest absolute Gasteiger partial charge is 0.308 e. The Morgan fingerprint density at radius 1 is 1.25 bits per heavy atom. The molecular formula is C15H20ClNO3. The summed E-state index contributed by atoms with van der Waals surface area (Å²) in [4.78, 5) is 25.1. The summed E-state index contributed by atoms with van der Waals surface area (Å²) in [6.07, 6.45) is 0. The van der Waals surface area contributed by atoms with Crippen molar-refractivity contribution in [3.8, 4) is 0 Å². The van der Waals surface area contributed by atoms with Crippen molar-refractivity contribution in [2.45, 2.75) is 27.7 Å². The van der Waals surface area contributed by atoms with Gasteiger partial charge in [0, 0.05) is 22.7 Å². The second-order valence-corrected chi connectivity index (χ2v) is 6.32. The molecule has 4 nitrogen and oxygen atoms in total. The van der Waals surface area contributed by atoms with Gasteiger partial charge in [0.05, 0.1) is 5.92 Å².